The molecule has 0 bridgehead atoms. The Morgan fingerprint density at radius 3 is 0.917 bits per heavy atom. The highest BCUT2D eigenvalue weighted by atomic mass is 16.3. The third-order valence-electron chi connectivity index (χ3n) is 10.6. The van der Waals surface area contributed by atoms with E-state index in [1.54, 1.807) is 48.5 Å². The Hall–Kier alpha value is -4.92. The van der Waals surface area contributed by atoms with E-state index >= 15 is 0 Å². The molecule has 1 aliphatic carbocycles. The number of hydrogen-bond donors (Lipinski definition) is 6. The fraction of sp³-hybridized carbons (Fsp3) is 0.300. The van der Waals surface area contributed by atoms with Gasteiger partial charge in [-0.1, -0.05) is 48.5 Å². The van der Waals surface area contributed by atoms with Gasteiger partial charge in [0.25, 0.3) is 0 Å². The Morgan fingerprint density at radius 2 is 0.688 bits per heavy atom. The third kappa shape index (κ3) is 4.36. The molecule has 0 heterocycles. The number of aliphatic hydroxyl groups excluding tert-OH is 2. The molecule has 48 heavy (non-hydrogen) atoms. The summed E-state index contributed by atoms with van der Waals surface area (Å²) in [5.41, 5.74) is 2.65. The molecule has 6 N–H and O–H groups in total. The molecule has 0 saturated heterocycles. The first-order valence-corrected chi connectivity index (χ1v) is 16.8. The molecule has 1 saturated carbocycles. The standard InChI is InChI=1S/C40H42N2O6/c1-5-41(6-2)37-21-13-9-17-25(43)29(21)33(30-22(37)14-10-18-26(30)44)35-39(47)36(40(35)48)34-31-23(15-11-19-27(31)45)38(42(7-3)8-4)24-16-12-20-28(46)32(24)34/h9-20,35-36,39-40,43-48H,5-8H2,1-4H3. The number of aliphatic hydroxyl groups is 2. The third-order valence-corrected chi connectivity index (χ3v) is 10.6. The lowest BCUT2D eigenvalue weighted by Gasteiger charge is -2.48. The Balaban J connectivity index is 1.53. The molecular weight excluding hydrogens is 604 g/mol. The second-order valence-electron chi connectivity index (χ2n) is 12.7. The van der Waals surface area contributed by atoms with Gasteiger partial charge in [-0.3, -0.25) is 0 Å². The summed E-state index contributed by atoms with van der Waals surface area (Å²) in [5.74, 6) is -1.87. The molecule has 248 valence electrons. The van der Waals surface area contributed by atoms with Crippen molar-refractivity contribution in [3.8, 4) is 23.0 Å². The topological polar surface area (TPSA) is 128 Å². The van der Waals surface area contributed by atoms with Gasteiger partial charge in [-0.05, 0) is 63.1 Å². The van der Waals surface area contributed by atoms with Crippen LogP contribution in [0.4, 0.5) is 11.4 Å². The fourth-order valence-electron chi connectivity index (χ4n) is 8.44. The maximum atomic E-state index is 12.3. The minimum absolute atomic E-state index is 0.0151. The van der Waals surface area contributed by atoms with Crippen molar-refractivity contribution in [1.82, 2.24) is 0 Å². The number of phenols is 4. The van der Waals surface area contributed by atoms with Gasteiger partial charge < -0.3 is 40.4 Å². The molecule has 8 nitrogen and oxygen atoms in total. The van der Waals surface area contributed by atoms with Crippen molar-refractivity contribution in [1.29, 1.82) is 0 Å². The lowest BCUT2D eigenvalue weighted by molar-refractivity contribution is -0.0766. The van der Waals surface area contributed by atoms with Crippen molar-refractivity contribution in [3.63, 3.8) is 0 Å². The Labute approximate surface area is 279 Å². The Morgan fingerprint density at radius 1 is 0.438 bits per heavy atom. The van der Waals surface area contributed by atoms with E-state index in [4.69, 9.17) is 0 Å². The number of nitrogens with zero attached hydrogens (tertiary/aromatic N) is 2. The van der Waals surface area contributed by atoms with Crippen molar-refractivity contribution in [2.75, 3.05) is 36.0 Å². The maximum absolute atomic E-state index is 12.3. The summed E-state index contributed by atoms with van der Waals surface area (Å²) in [5, 5.41) is 75.2. The molecule has 0 aromatic heterocycles. The van der Waals surface area contributed by atoms with Crippen LogP contribution in [0.1, 0.15) is 50.7 Å². The molecule has 0 amide bonds. The van der Waals surface area contributed by atoms with Crippen LogP contribution in [0.5, 0.6) is 23.0 Å². The summed E-state index contributed by atoms with van der Waals surface area (Å²) in [6, 6.07) is 21.2. The summed E-state index contributed by atoms with van der Waals surface area (Å²) in [6.45, 7) is 11.0. The van der Waals surface area contributed by atoms with Gasteiger partial charge in [0.2, 0.25) is 0 Å². The zero-order valence-corrected chi connectivity index (χ0v) is 27.6. The fourth-order valence-corrected chi connectivity index (χ4v) is 8.44. The van der Waals surface area contributed by atoms with E-state index in [1.807, 2.05) is 24.3 Å². The van der Waals surface area contributed by atoms with Crippen LogP contribution >= 0.6 is 0 Å². The molecule has 0 aliphatic heterocycles. The average molecular weight is 647 g/mol. The molecule has 1 aliphatic rings. The first-order valence-electron chi connectivity index (χ1n) is 16.8. The Kier molecular flexibility index (Phi) is 7.89. The van der Waals surface area contributed by atoms with E-state index in [0.29, 0.717) is 58.9 Å². The second kappa shape index (κ2) is 12.0. The van der Waals surface area contributed by atoms with E-state index in [9.17, 15) is 30.6 Å². The smallest absolute Gasteiger partial charge is 0.123 e. The van der Waals surface area contributed by atoms with Crippen LogP contribution in [0.2, 0.25) is 0 Å². The number of aromatic hydroxyl groups is 4. The normalized spacial score (nSPS) is 19.3. The van der Waals surface area contributed by atoms with Crippen molar-refractivity contribution in [3.05, 3.63) is 83.9 Å². The highest BCUT2D eigenvalue weighted by molar-refractivity contribution is 6.19. The van der Waals surface area contributed by atoms with Crippen LogP contribution < -0.4 is 9.80 Å². The molecule has 0 radical (unpaired) electrons. The van der Waals surface area contributed by atoms with Gasteiger partial charge in [-0.2, -0.15) is 0 Å². The molecule has 0 unspecified atom stereocenters. The van der Waals surface area contributed by atoms with E-state index in [2.05, 4.69) is 37.5 Å². The maximum Gasteiger partial charge on any atom is 0.123 e. The van der Waals surface area contributed by atoms with Gasteiger partial charge in [0.05, 0.1) is 23.6 Å². The Bertz CT molecular complexity index is 1920. The predicted octanol–water partition coefficient (Wildman–Crippen LogP) is 7.42. The lowest BCUT2D eigenvalue weighted by atomic mass is 9.60. The van der Waals surface area contributed by atoms with Crippen LogP contribution in [0, 0.1) is 0 Å². The molecule has 8 heteroatoms. The van der Waals surface area contributed by atoms with Crippen LogP contribution in [-0.2, 0) is 0 Å². The molecule has 0 spiro atoms. The predicted molar refractivity (Wildman–Crippen MR) is 194 cm³/mol. The summed E-state index contributed by atoms with van der Waals surface area (Å²) < 4.78 is 0. The molecular formula is C40H42N2O6. The van der Waals surface area contributed by atoms with E-state index in [0.717, 1.165) is 32.9 Å². The highest BCUT2D eigenvalue weighted by Crippen LogP contribution is 2.59. The zero-order chi connectivity index (χ0) is 34.0. The van der Waals surface area contributed by atoms with Crippen LogP contribution in [-0.4, -0.2) is 69.0 Å². The monoisotopic (exact) mass is 646 g/mol. The SMILES string of the molecule is CCN(CC)c1c2cccc(O)c2c(C2C(O)C(c3c4c(O)cccc4c(N(CC)CC)c4cccc(O)c34)C2O)c2c(O)cccc12. The van der Waals surface area contributed by atoms with Gasteiger partial charge in [0.1, 0.15) is 23.0 Å². The summed E-state index contributed by atoms with van der Waals surface area (Å²) in [4.78, 5) is 4.34. The van der Waals surface area contributed by atoms with Gasteiger partial charge in [0.15, 0.2) is 0 Å². The van der Waals surface area contributed by atoms with Crippen molar-refractivity contribution in [2.24, 2.45) is 0 Å². The number of benzene rings is 6. The number of fused-ring (bicyclic) bond motifs is 4. The van der Waals surface area contributed by atoms with Gasteiger partial charge in [0, 0.05) is 81.1 Å². The van der Waals surface area contributed by atoms with Crippen molar-refractivity contribution >= 4 is 54.5 Å². The minimum atomic E-state index is -1.20. The first-order chi connectivity index (χ1) is 23.2. The van der Waals surface area contributed by atoms with Crippen LogP contribution in [0.15, 0.2) is 72.8 Å². The van der Waals surface area contributed by atoms with Gasteiger partial charge in [-0.25, -0.2) is 0 Å². The second-order valence-corrected chi connectivity index (χ2v) is 12.7. The lowest BCUT2D eigenvalue weighted by Crippen LogP contribution is -2.52. The van der Waals surface area contributed by atoms with Gasteiger partial charge in [-0.15, -0.1) is 0 Å². The number of rotatable bonds is 8. The average Bonchev–Trinajstić information content (AvgIpc) is 3.07. The molecule has 6 aromatic carbocycles. The number of phenolic OH excluding ortho intramolecular Hbond substituents is 4. The van der Waals surface area contributed by atoms with Crippen LogP contribution in [0.25, 0.3) is 43.1 Å². The largest absolute Gasteiger partial charge is 0.507 e. The van der Waals surface area contributed by atoms with Crippen molar-refractivity contribution < 1.29 is 30.6 Å². The van der Waals surface area contributed by atoms with E-state index in [-0.39, 0.29) is 23.0 Å². The molecule has 1 fully saturated rings. The van der Waals surface area contributed by atoms with Crippen LogP contribution in [0.3, 0.4) is 0 Å². The van der Waals surface area contributed by atoms with Gasteiger partial charge >= 0.3 is 0 Å². The highest BCUT2D eigenvalue weighted by Gasteiger charge is 2.53. The molecule has 7 rings (SSSR count). The van der Waals surface area contributed by atoms with E-state index in [1.165, 1.54) is 0 Å². The quantitative estimate of drug-likeness (QED) is 0.0944. The summed E-state index contributed by atoms with van der Waals surface area (Å²) in [7, 11) is 0. The molecule has 0 atom stereocenters. The zero-order valence-electron chi connectivity index (χ0n) is 27.6. The minimum Gasteiger partial charge on any atom is -0.507 e. The number of hydrogen-bond acceptors (Lipinski definition) is 8. The summed E-state index contributed by atoms with van der Waals surface area (Å²) >= 11 is 0. The van der Waals surface area contributed by atoms with E-state index < -0.39 is 24.0 Å². The van der Waals surface area contributed by atoms with Crippen molar-refractivity contribution in [2.45, 2.75) is 51.7 Å². The molecule has 6 aromatic rings. The summed E-state index contributed by atoms with van der Waals surface area (Å²) in [6.07, 6.45) is -2.40. The first kappa shape index (κ1) is 31.7. The number of anilines is 2.